The molecular formula is C16H22FNO3S. The van der Waals surface area contributed by atoms with Crippen molar-refractivity contribution in [3.8, 4) is 0 Å². The number of amides is 1. The molecule has 122 valence electrons. The molecule has 2 rings (SSSR count). The topological polar surface area (TPSA) is 54.5 Å². The van der Waals surface area contributed by atoms with Crippen molar-refractivity contribution >= 4 is 15.7 Å². The number of benzene rings is 1. The minimum atomic E-state index is -3.12. The van der Waals surface area contributed by atoms with Gasteiger partial charge in [-0.25, -0.2) is 12.8 Å². The average molecular weight is 327 g/mol. The van der Waals surface area contributed by atoms with E-state index in [2.05, 4.69) is 0 Å². The van der Waals surface area contributed by atoms with Gasteiger partial charge in [-0.2, -0.15) is 0 Å². The second-order valence-electron chi connectivity index (χ2n) is 6.11. The first-order chi connectivity index (χ1) is 10.3. The van der Waals surface area contributed by atoms with Crippen molar-refractivity contribution in [2.24, 2.45) is 5.92 Å². The van der Waals surface area contributed by atoms with E-state index in [-0.39, 0.29) is 29.4 Å². The van der Waals surface area contributed by atoms with Crippen LogP contribution in [0.25, 0.3) is 0 Å². The van der Waals surface area contributed by atoms with Crippen LogP contribution in [0.1, 0.15) is 25.3 Å². The largest absolute Gasteiger partial charge is 0.339 e. The first-order valence-corrected chi connectivity index (χ1v) is 9.51. The van der Waals surface area contributed by atoms with Gasteiger partial charge in [0, 0.05) is 25.8 Å². The van der Waals surface area contributed by atoms with Crippen molar-refractivity contribution in [2.75, 3.05) is 18.6 Å². The number of nitrogens with zero attached hydrogens (tertiary/aromatic N) is 1. The van der Waals surface area contributed by atoms with E-state index in [0.29, 0.717) is 13.0 Å². The van der Waals surface area contributed by atoms with E-state index in [1.807, 2.05) is 6.07 Å². The Morgan fingerprint density at radius 2 is 2.14 bits per heavy atom. The van der Waals surface area contributed by atoms with Crippen LogP contribution in [0.4, 0.5) is 4.39 Å². The van der Waals surface area contributed by atoms with Gasteiger partial charge in [-0.1, -0.05) is 12.1 Å². The molecule has 0 aliphatic carbocycles. The van der Waals surface area contributed by atoms with E-state index in [4.69, 9.17) is 0 Å². The molecule has 0 radical (unpaired) electrons. The molecule has 0 saturated carbocycles. The molecule has 2 atom stereocenters. The molecule has 0 spiro atoms. The number of likely N-dealkylation sites (tertiary alicyclic amines) is 1. The monoisotopic (exact) mass is 327 g/mol. The lowest BCUT2D eigenvalue weighted by Gasteiger charge is -2.41. The highest BCUT2D eigenvalue weighted by Gasteiger charge is 2.34. The van der Waals surface area contributed by atoms with E-state index >= 15 is 0 Å². The predicted octanol–water partition coefficient (Wildman–Crippen LogP) is 2.04. The Balaban J connectivity index is 2.26. The lowest BCUT2D eigenvalue weighted by atomic mass is 9.86. The van der Waals surface area contributed by atoms with Crippen molar-refractivity contribution in [3.05, 3.63) is 35.6 Å². The Bertz CT molecular complexity index is 645. The summed E-state index contributed by atoms with van der Waals surface area (Å²) in [6.45, 7) is 2.14. The van der Waals surface area contributed by atoms with Gasteiger partial charge < -0.3 is 4.90 Å². The highest BCUT2D eigenvalue weighted by molar-refractivity contribution is 7.90. The molecule has 0 bridgehead atoms. The summed E-state index contributed by atoms with van der Waals surface area (Å²) in [5, 5.41) is 0. The number of rotatable bonds is 4. The van der Waals surface area contributed by atoms with Crippen LogP contribution in [0, 0.1) is 11.7 Å². The van der Waals surface area contributed by atoms with Crippen molar-refractivity contribution in [3.63, 3.8) is 0 Å². The van der Waals surface area contributed by atoms with Crippen LogP contribution in [0.3, 0.4) is 0 Å². The van der Waals surface area contributed by atoms with Crippen LogP contribution in [0.5, 0.6) is 0 Å². The van der Waals surface area contributed by atoms with Crippen LogP contribution in [-0.2, 0) is 21.1 Å². The Hall–Kier alpha value is -1.43. The van der Waals surface area contributed by atoms with Crippen molar-refractivity contribution in [1.29, 1.82) is 0 Å². The SMILES string of the molecule is CC(=O)N1CCCC(CS(C)(=O)=O)[C@@H]1Cc1cccc(F)c1. The summed E-state index contributed by atoms with van der Waals surface area (Å²) in [4.78, 5) is 13.6. The van der Waals surface area contributed by atoms with E-state index in [1.54, 1.807) is 11.0 Å². The molecule has 0 N–H and O–H groups in total. The van der Waals surface area contributed by atoms with Crippen molar-refractivity contribution < 1.29 is 17.6 Å². The van der Waals surface area contributed by atoms with Gasteiger partial charge in [0.25, 0.3) is 0 Å². The molecule has 1 aromatic carbocycles. The average Bonchev–Trinajstić information content (AvgIpc) is 2.39. The van der Waals surface area contributed by atoms with E-state index in [9.17, 15) is 17.6 Å². The van der Waals surface area contributed by atoms with Gasteiger partial charge in [0.1, 0.15) is 15.7 Å². The minimum absolute atomic E-state index is 0.0559. The number of hydrogen-bond donors (Lipinski definition) is 0. The molecule has 1 heterocycles. The Morgan fingerprint density at radius 1 is 1.41 bits per heavy atom. The van der Waals surface area contributed by atoms with E-state index in [0.717, 1.165) is 18.4 Å². The number of carbonyl (C=O) groups excluding carboxylic acids is 1. The zero-order chi connectivity index (χ0) is 16.3. The van der Waals surface area contributed by atoms with Gasteiger partial charge in [-0.3, -0.25) is 4.79 Å². The third-order valence-corrected chi connectivity index (χ3v) is 5.21. The minimum Gasteiger partial charge on any atom is -0.339 e. The lowest BCUT2D eigenvalue weighted by molar-refractivity contribution is -0.133. The molecular weight excluding hydrogens is 305 g/mol. The highest BCUT2D eigenvalue weighted by Crippen LogP contribution is 2.28. The number of halogens is 1. The first-order valence-electron chi connectivity index (χ1n) is 7.45. The number of piperidine rings is 1. The Kier molecular flexibility index (Phi) is 5.21. The van der Waals surface area contributed by atoms with Crippen molar-refractivity contribution in [1.82, 2.24) is 4.90 Å². The van der Waals surface area contributed by atoms with Crippen LogP contribution in [0.15, 0.2) is 24.3 Å². The van der Waals surface area contributed by atoms with Crippen LogP contribution >= 0.6 is 0 Å². The van der Waals surface area contributed by atoms with Crippen LogP contribution in [-0.4, -0.2) is 43.8 Å². The summed E-state index contributed by atoms with van der Waals surface area (Å²) in [6, 6.07) is 6.08. The molecule has 1 amide bonds. The van der Waals surface area contributed by atoms with Gasteiger partial charge in [0.15, 0.2) is 0 Å². The van der Waals surface area contributed by atoms with E-state index in [1.165, 1.54) is 25.3 Å². The number of hydrogen-bond acceptors (Lipinski definition) is 3. The molecule has 1 aliphatic heterocycles. The van der Waals surface area contributed by atoms with E-state index < -0.39 is 9.84 Å². The molecule has 1 saturated heterocycles. The summed E-state index contributed by atoms with van der Waals surface area (Å²) in [7, 11) is -3.12. The quantitative estimate of drug-likeness (QED) is 0.850. The lowest BCUT2D eigenvalue weighted by Crippen LogP contribution is -2.50. The summed E-state index contributed by atoms with van der Waals surface area (Å²) >= 11 is 0. The van der Waals surface area contributed by atoms with Gasteiger partial charge >= 0.3 is 0 Å². The number of carbonyl (C=O) groups is 1. The maximum atomic E-state index is 13.4. The molecule has 4 nitrogen and oxygen atoms in total. The predicted molar refractivity (Wildman–Crippen MR) is 83.7 cm³/mol. The van der Waals surface area contributed by atoms with Gasteiger partial charge in [0.05, 0.1) is 5.75 Å². The maximum Gasteiger partial charge on any atom is 0.219 e. The molecule has 1 unspecified atom stereocenters. The van der Waals surface area contributed by atoms with Crippen LogP contribution in [0.2, 0.25) is 0 Å². The molecule has 1 fully saturated rings. The normalized spacial score (nSPS) is 22.6. The smallest absolute Gasteiger partial charge is 0.219 e. The molecule has 0 aromatic heterocycles. The van der Waals surface area contributed by atoms with Crippen LogP contribution < -0.4 is 0 Å². The molecule has 6 heteroatoms. The van der Waals surface area contributed by atoms with Gasteiger partial charge in [0.2, 0.25) is 5.91 Å². The summed E-state index contributed by atoms with van der Waals surface area (Å²) in [5.74, 6) is -0.408. The molecule has 1 aliphatic rings. The highest BCUT2D eigenvalue weighted by atomic mass is 32.2. The zero-order valence-corrected chi connectivity index (χ0v) is 13.8. The third-order valence-electron chi connectivity index (χ3n) is 4.17. The van der Waals surface area contributed by atoms with Gasteiger partial charge in [-0.15, -0.1) is 0 Å². The fourth-order valence-electron chi connectivity index (χ4n) is 3.29. The summed E-state index contributed by atoms with van der Waals surface area (Å²) < 4.78 is 36.7. The second kappa shape index (κ2) is 6.77. The fraction of sp³-hybridized carbons (Fsp3) is 0.562. The maximum absolute atomic E-state index is 13.4. The van der Waals surface area contributed by atoms with Crippen molar-refractivity contribution in [2.45, 2.75) is 32.2 Å². The first kappa shape index (κ1) is 16.9. The molecule has 1 aromatic rings. The molecule has 22 heavy (non-hydrogen) atoms. The standard InChI is InChI=1S/C16H22FNO3S/c1-12(19)18-8-4-6-14(11-22(2,20)21)16(18)10-13-5-3-7-15(17)9-13/h3,5,7,9,14,16H,4,6,8,10-11H2,1-2H3/t14?,16-/m0/s1. The Morgan fingerprint density at radius 3 is 2.73 bits per heavy atom. The van der Waals surface area contributed by atoms with Gasteiger partial charge in [-0.05, 0) is 42.9 Å². The summed E-state index contributed by atoms with van der Waals surface area (Å²) in [5.41, 5.74) is 0.789. The fourth-order valence-corrected chi connectivity index (χ4v) is 4.46. The third kappa shape index (κ3) is 4.53. The number of sulfone groups is 1. The second-order valence-corrected chi connectivity index (χ2v) is 8.29. The summed E-state index contributed by atoms with van der Waals surface area (Å²) in [6.07, 6.45) is 3.28. The Labute approximate surface area is 131 Å². The zero-order valence-electron chi connectivity index (χ0n) is 13.0.